The van der Waals surface area contributed by atoms with E-state index in [0.29, 0.717) is 6.04 Å². The molecule has 1 atom stereocenters. The summed E-state index contributed by atoms with van der Waals surface area (Å²) >= 11 is 6.06. The van der Waals surface area contributed by atoms with Crippen molar-refractivity contribution in [3.63, 3.8) is 0 Å². The van der Waals surface area contributed by atoms with Crippen molar-refractivity contribution < 1.29 is 4.79 Å². The number of carbonyl (C=O) groups excluding carboxylic acids is 1. The van der Waals surface area contributed by atoms with Crippen LogP contribution in [0, 0.1) is 0 Å². The van der Waals surface area contributed by atoms with Gasteiger partial charge in [-0.05, 0) is 41.0 Å². The Morgan fingerprint density at radius 3 is 2.64 bits per heavy atom. The zero-order valence-electron chi connectivity index (χ0n) is 20.8. The molecule has 3 aromatic carbocycles. The molecule has 1 fully saturated rings. The molecule has 4 aromatic rings. The number of nitrogens with zero attached hydrogens (tertiary/aromatic N) is 4. The van der Waals surface area contributed by atoms with Crippen molar-refractivity contribution in [2.45, 2.75) is 45.3 Å². The number of hydrogen-bond acceptors (Lipinski definition) is 3. The van der Waals surface area contributed by atoms with Crippen LogP contribution in [-0.2, 0) is 13.1 Å². The molecule has 1 aliphatic rings. The molecule has 0 radical (unpaired) electrons. The molecule has 0 unspecified atom stereocenters. The molecule has 6 heteroatoms. The van der Waals surface area contributed by atoms with E-state index in [0.717, 1.165) is 73.3 Å². The van der Waals surface area contributed by atoms with E-state index in [4.69, 9.17) is 11.6 Å². The van der Waals surface area contributed by atoms with Crippen LogP contribution >= 0.6 is 11.6 Å². The van der Waals surface area contributed by atoms with E-state index < -0.39 is 0 Å². The second-order valence-electron chi connectivity index (χ2n) is 9.68. The predicted molar refractivity (Wildman–Crippen MR) is 146 cm³/mol. The highest BCUT2D eigenvalue weighted by Gasteiger charge is 2.30. The highest BCUT2D eigenvalue weighted by Crippen LogP contribution is 2.24. The van der Waals surface area contributed by atoms with Gasteiger partial charge in [0.1, 0.15) is 0 Å². The summed E-state index contributed by atoms with van der Waals surface area (Å²) in [6, 6.07) is 22.5. The molecule has 1 amide bonds. The lowest BCUT2D eigenvalue weighted by Gasteiger charge is -2.41. The van der Waals surface area contributed by atoms with Crippen LogP contribution in [0.25, 0.3) is 10.8 Å². The summed E-state index contributed by atoms with van der Waals surface area (Å²) in [4.78, 5) is 22.7. The van der Waals surface area contributed by atoms with E-state index in [2.05, 4.69) is 56.6 Å². The Morgan fingerprint density at radius 2 is 1.81 bits per heavy atom. The first-order valence-corrected chi connectivity index (χ1v) is 13.2. The highest BCUT2D eigenvalue weighted by molar-refractivity contribution is 6.30. The first kappa shape index (κ1) is 24.5. The van der Waals surface area contributed by atoms with Crippen molar-refractivity contribution in [3.8, 4) is 0 Å². The summed E-state index contributed by atoms with van der Waals surface area (Å²) in [7, 11) is 0. The monoisotopic (exact) mass is 500 g/mol. The average Bonchev–Trinajstić information content (AvgIpc) is 3.35. The molecule has 186 valence electrons. The maximum absolute atomic E-state index is 13.6. The van der Waals surface area contributed by atoms with Gasteiger partial charge in [-0.25, -0.2) is 4.98 Å². The van der Waals surface area contributed by atoms with Crippen LogP contribution in [0.2, 0.25) is 5.02 Å². The summed E-state index contributed by atoms with van der Waals surface area (Å²) in [5, 5.41) is 2.89. The molecule has 36 heavy (non-hydrogen) atoms. The molecule has 1 saturated heterocycles. The number of hydrogen-bond donors (Lipinski definition) is 0. The van der Waals surface area contributed by atoms with Gasteiger partial charge in [-0.15, -0.1) is 0 Å². The maximum atomic E-state index is 13.6. The van der Waals surface area contributed by atoms with Gasteiger partial charge in [0.05, 0.1) is 12.0 Å². The van der Waals surface area contributed by atoms with E-state index in [1.54, 1.807) is 0 Å². The van der Waals surface area contributed by atoms with Crippen molar-refractivity contribution in [2.24, 2.45) is 0 Å². The third kappa shape index (κ3) is 5.48. The summed E-state index contributed by atoms with van der Waals surface area (Å²) in [6.07, 6.45) is 7.27. The molecule has 0 spiro atoms. The fourth-order valence-electron chi connectivity index (χ4n) is 5.20. The lowest BCUT2D eigenvalue weighted by atomic mass is 10.0. The Bertz CT molecular complexity index is 1310. The Hall–Kier alpha value is -3.15. The van der Waals surface area contributed by atoms with Gasteiger partial charge in [0.15, 0.2) is 0 Å². The number of amides is 1. The number of piperazine rings is 1. The van der Waals surface area contributed by atoms with Gasteiger partial charge < -0.3 is 9.47 Å². The van der Waals surface area contributed by atoms with Gasteiger partial charge in [0.2, 0.25) is 0 Å². The van der Waals surface area contributed by atoms with Crippen molar-refractivity contribution in [1.29, 1.82) is 0 Å². The number of imidazole rings is 1. The largest absolute Gasteiger partial charge is 0.336 e. The maximum Gasteiger partial charge on any atom is 0.254 e. The summed E-state index contributed by atoms with van der Waals surface area (Å²) in [5.74, 6) is 0.140. The highest BCUT2D eigenvalue weighted by atomic mass is 35.5. The van der Waals surface area contributed by atoms with Crippen molar-refractivity contribution in [1.82, 2.24) is 19.4 Å². The SMILES string of the molecule is CCCC[C@H]1CN(C(=O)c2cccc3ccccc23)CCN1Cc1cncn1Cc1ccc(Cl)cc1. The zero-order valence-corrected chi connectivity index (χ0v) is 21.6. The number of benzene rings is 3. The van der Waals surface area contributed by atoms with E-state index in [9.17, 15) is 4.79 Å². The van der Waals surface area contributed by atoms with Gasteiger partial charge in [-0.1, -0.05) is 79.9 Å². The second-order valence-corrected chi connectivity index (χ2v) is 10.1. The van der Waals surface area contributed by atoms with Crippen LogP contribution in [0.5, 0.6) is 0 Å². The van der Waals surface area contributed by atoms with E-state index in [-0.39, 0.29) is 5.91 Å². The molecule has 0 aliphatic carbocycles. The zero-order chi connectivity index (χ0) is 24.9. The van der Waals surface area contributed by atoms with Crippen molar-refractivity contribution >= 4 is 28.3 Å². The Kier molecular flexibility index (Phi) is 7.69. The predicted octanol–water partition coefficient (Wildman–Crippen LogP) is 6.25. The van der Waals surface area contributed by atoms with Crippen LogP contribution < -0.4 is 0 Å². The molecule has 5 rings (SSSR count). The molecule has 5 nitrogen and oxygen atoms in total. The third-order valence-electron chi connectivity index (χ3n) is 7.23. The number of rotatable bonds is 8. The minimum Gasteiger partial charge on any atom is -0.336 e. The van der Waals surface area contributed by atoms with E-state index in [1.807, 2.05) is 48.9 Å². The van der Waals surface area contributed by atoms with Crippen LogP contribution in [-0.4, -0.2) is 50.9 Å². The minimum absolute atomic E-state index is 0.140. The normalized spacial score (nSPS) is 16.5. The lowest BCUT2D eigenvalue weighted by molar-refractivity contribution is 0.0429. The van der Waals surface area contributed by atoms with Crippen molar-refractivity contribution in [2.75, 3.05) is 19.6 Å². The Morgan fingerprint density at radius 1 is 1.00 bits per heavy atom. The summed E-state index contributed by atoms with van der Waals surface area (Å²) in [5.41, 5.74) is 3.20. The topological polar surface area (TPSA) is 41.4 Å². The standard InChI is InChI=1S/C30H33ClN4O/c1-2-3-9-26-20-34(30(36)29-11-6-8-24-7-4-5-10-28(24)29)17-16-33(26)21-27-18-32-22-35(27)19-23-12-14-25(31)15-13-23/h4-8,10-15,18,22,26H,2-3,9,16-17,19-21H2,1H3/t26-/m0/s1. The number of halogens is 1. The van der Waals surface area contributed by atoms with Gasteiger partial charge in [-0.3, -0.25) is 9.69 Å². The van der Waals surface area contributed by atoms with E-state index in [1.165, 1.54) is 11.3 Å². The first-order chi connectivity index (χ1) is 17.6. The number of carbonyl (C=O) groups is 1. The average molecular weight is 501 g/mol. The minimum atomic E-state index is 0.140. The fourth-order valence-corrected chi connectivity index (χ4v) is 5.32. The van der Waals surface area contributed by atoms with Crippen LogP contribution in [0.1, 0.15) is 47.8 Å². The van der Waals surface area contributed by atoms with Crippen LogP contribution in [0.3, 0.4) is 0 Å². The van der Waals surface area contributed by atoms with Gasteiger partial charge in [0, 0.05) is 55.5 Å². The molecule has 0 bridgehead atoms. The summed E-state index contributed by atoms with van der Waals surface area (Å²) in [6.45, 7) is 6.18. The number of aromatic nitrogens is 2. The molecule has 2 heterocycles. The van der Waals surface area contributed by atoms with Crippen molar-refractivity contribution in [3.05, 3.63) is 101 Å². The second kappa shape index (κ2) is 11.3. The van der Waals surface area contributed by atoms with Gasteiger partial charge in [0.25, 0.3) is 5.91 Å². The quantitative estimate of drug-likeness (QED) is 0.287. The molecular formula is C30H33ClN4O. The van der Waals surface area contributed by atoms with Crippen LogP contribution in [0.15, 0.2) is 79.3 Å². The third-order valence-corrected chi connectivity index (χ3v) is 7.48. The molecule has 0 saturated carbocycles. The Labute approximate surface area is 218 Å². The number of fused-ring (bicyclic) bond motifs is 1. The lowest BCUT2D eigenvalue weighted by Crippen LogP contribution is -2.54. The number of unbranched alkanes of at least 4 members (excludes halogenated alkanes) is 1. The molecule has 1 aliphatic heterocycles. The molecular weight excluding hydrogens is 468 g/mol. The first-order valence-electron chi connectivity index (χ1n) is 12.9. The van der Waals surface area contributed by atoms with Crippen LogP contribution in [0.4, 0.5) is 0 Å². The molecule has 1 aromatic heterocycles. The van der Waals surface area contributed by atoms with Gasteiger partial charge in [-0.2, -0.15) is 0 Å². The molecule has 0 N–H and O–H groups in total. The van der Waals surface area contributed by atoms with Gasteiger partial charge >= 0.3 is 0 Å². The smallest absolute Gasteiger partial charge is 0.254 e. The summed E-state index contributed by atoms with van der Waals surface area (Å²) < 4.78 is 2.22. The fraction of sp³-hybridized carbons (Fsp3) is 0.333. The van der Waals surface area contributed by atoms with E-state index >= 15 is 0 Å². The Balaban J connectivity index is 1.31.